The molecule has 0 aromatic heterocycles. The van der Waals surface area contributed by atoms with E-state index >= 15 is 0 Å². The number of methoxy groups -OCH3 is 1. The second-order valence-corrected chi connectivity index (χ2v) is 9.52. The SMILES string of the molecule is C=S(C)(=O)c1ccc(C(=O)c2cc(C(C)C(=O)OC)cc3ccc(F)cc23)cc1. The van der Waals surface area contributed by atoms with Gasteiger partial charge in [-0.05, 0) is 81.1 Å². The average molecular weight is 412 g/mol. The molecule has 0 aliphatic heterocycles. The van der Waals surface area contributed by atoms with Crippen molar-refractivity contribution < 1.29 is 22.9 Å². The lowest BCUT2D eigenvalue weighted by Gasteiger charge is -2.14. The highest BCUT2D eigenvalue weighted by Crippen LogP contribution is 2.29. The summed E-state index contributed by atoms with van der Waals surface area (Å²) >= 11 is 0. The molecule has 2 atom stereocenters. The molecule has 3 rings (SSSR count). The molecule has 0 fully saturated rings. The van der Waals surface area contributed by atoms with Crippen molar-refractivity contribution in [1.29, 1.82) is 0 Å². The van der Waals surface area contributed by atoms with E-state index in [9.17, 15) is 18.2 Å². The second-order valence-electron chi connectivity index (χ2n) is 7.04. The first-order valence-electron chi connectivity index (χ1n) is 8.90. The first kappa shape index (κ1) is 20.7. The summed E-state index contributed by atoms with van der Waals surface area (Å²) in [7, 11) is -1.09. The highest BCUT2D eigenvalue weighted by atomic mass is 32.2. The number of ether oxygens (including phenoxy) is 1. The Balaban J connectivity index is 2.17. The van der Waals surface area contributed by atoms with Gasteiger partial charge in [-0.2, -0.15) is 0 Å². The summed E-state index contributed by atoms with van der Waals surface area (Å²) in [5, 5.41) is 1.10. The first-order valence-corrected chi connectivity index (χ1v) is 11.0. The number of halogens is 1. The minimum atomic E-state index is -2.39. The molecule has 3 aromatic rings. The first-order chi connectivity index (χ1) is 13.6. The molecule has 150 valence electrons. The molecule has 29 heavy (non-hydrogen) atoms. The van der Waals surface area contributed by atoms with Gasteiger partial charge < -0.3 is 4.74 Å². The third kappa shape index (κ3) is 4.22. The Labute approximate surface area is 169 Å². The minimum Gasteiger partial charge on any atom is -0.469 e. The summed E-state index contributed by atoms with van der Waals surface area (Å²) in [6, 6.07) is 13.9. The predicted octanol–water partition coefficient (Wildman–Crippen LogP) is 4.19. The largest absolute Gasteiger partial charge is 0.469 e. The fourth-order valence-corrected chi connectivity index (χ4v) is 3.87. The smallest absolute Gasteiger partial charge is 0.312 e. The number of rotatable bonds is 5. The van der Waals surface area contributed by atoms with Crippen LogP contribution in [-0.2, 0) is 19.1 Å². The van der Waals surface area contributed by atoms with E-state index in [1.54, 1.807) is 49.4 Å². The van der Waals surface area contributed by atoms with Gasteiger partial charge in [-0.25, -0.2) is 4.39 Å². The van der Waals surface area contributed by atoms with Crippen LogP contribution in [0, 0.1) is 5.82 Å². The minimum absolute atomic E-state index is 0.285. The Kier molecular flexibility index (Phi) is 5.57. The summed E-state index contributed by atoms with van der Waals surface area (Å²) in [5.41, 5.74) is 1.25. The molecule has 4 nitrogen and oxygen atoms in total. The van der Waals surface area contributed by atoms with Crippen molar-refractivity contribution in [3.8, 4) is 0 Å². The maximum absolute atomic E-state index is 13.9. The molecule has 0 saturated carbocycles. The zero-order valence-electron chi connectivity index (χ0n) is 16.4. The van der Waals surface area contributed by atoms with E-state index in [2.05, 4.69) is 5.87 Å². The van der Waals surface area contributed by atoms with Crippen LogP contribution in [0.5, 0.6) is 0 Å². The van der Waals surface area contributed by atoms with Gasteiger partial charge in [0.25, 0.3) is 0 Å². The van der Waals surface area contributed by atoms with Crippen LogP contribution in [0.1, 0.15) is 34.3 Å². The fraction of sp³-hybridized carbons (Fsp3) is 0.174. The van der Waals surface area contributed by atoms with Crippen molar-refractivity contribution >= 4 is 37.9 Å². The molecule has 0 N–H and O–H groups in total. The Morgan fingerprint density at radius 2 is 1.72 bits per heavy atom. The summed E-state index contributed by atoms with van der Waals surface area (Å²) < 4.78 is 30.8. The molecule has 0 radical (unpaired) electrons. The van der Waals surface area contributed by atoms with E-state index in [1.807, 2.05) is 0 Å². The number of carbonyl (C=O) groups is 2. The normalized spacial score (nSPS) is 14.2. The Bertz CT molecular complexity index is 1210. The molecule has 0 saturated heterocycles. The van der Waals surface area contributed by atoms with E-state index in [-0.39, 0.29) is 11.3 Å². The van der Waals surface area contributed by atoms with Crippen molar-refractivity contribution in [2.45, 2.75) is 17.7 Å². The standard InChI is InChI=1S/C23H21FO4S/c1-14(23(26)28-2)17-11-16-5-8-18(24)13-20(16)21(12-17)22(25)15-6-9-19(10-7-15)29(3,4)27/h5-14H,3H2,1-2,4H3. The summed E-state index contributed by atoms with van der Waals surface area (Å²) in [6.07, 6.45) is 1.53. The van der Waals surface area contributed by atoms with Gasteiger partial charge in [0.2, 0.25) is 0 Å². The molecule has 0 amide bonds. The van der Waals surface area contributed by atoms with Gasteiger partial charge in [-0.15, -0.1) is 0 Å². The van der Waals surface area contributed by atoms with Crippen LogP contribution in [0.15, 0.2) is 59.5 Å². The Hall–Kier alpha value is -2.99. The molecule has 0 spiro atoms. The molecule has 0 bridgehead atoms. The van der Waals surface area contributed by atoms with Gasteiger partial charge in [-0.3, -0.25) is 13.8 Å². The fourth-order valence-electron chi connectivity index (χ4n) is 3.15. The van der Waals surface area contributed by atoms with E-state index in [0.717, 1.165) is 0 Å². The van der Waals surface area contributed by atoms with Gasteiger partial charge >= 0.3 is 5.97 Å². The topological polar surface area (TPSA) is 60.4 Å². The van der Waals surface area contributed by atoms with Crippen molar-refractivity contribution in [3.63, 3.8) is 0 Å². The van der Waals surface area contributed by atoms with E-state index in [0.29, 0.717) is 26.8 Å². The monoisotopic (exact) mass is 412 g/mol. The number of carbonyl (C=O) groups excluding carboxylic acids is 2. The van der Waals surface area contributed by atoms with Crippen LogP contribution in [-0.4, -0.2) is 35.2 Å². The van der Waals surface area contributed by atoms with Crippen LogP contribution in [0.4, 0.5) is 4.39 Å². The van der Waals surface area contributed by atoms with Crippen LogP contribution in [0.3, 0.4) is 0 Å². The third-order valence-electron chi connectivity index (χ3n) is 4.85. The average Bonchev–Trinajstić information content (AvgIpc) is 2.70. The zero-order valence-corrected chi connectivity index (χ0v) is 17.2. The highest BCUT2D eigenvalue weighted by Gasteiger charge is 2.21. The van der Waals surface area contributed by atoms with Gasteiger partial charge in [0.15, 0.2) is 5.78 Å². The summed E-state index contributed by atoms with van der Waals surface area (Å²) in [4.78, 5) is 25.7. The molecule has 3 aromatic carbocycles. The van der Waals surface area contributed by atoms with Crippen LogP contribution in [0.25, 0.3) is 10.8 Å². The summed E-state index contributed by atoms with van der Waals surface area (Å²) in [6.45, 7) is 1.69. The van der Waals surface area contributed by atoms with Crippen LogP contribution >= 0.6 is 0 Å². The van der Waals surface area contributed by atoms with Crippen molar-refractivity contribution in [2.75, 3.05) is 13.4 Å². The van der Waals surface area contributed by atoms with Crippen LogP contribution < -0.4 is 0 Å². The molecular weight excluding hydrogens is 391 g/mol. The second kappa shape index (κ2) is 7.79. The predicted molar refractivity (Wildman–Crippen MR) is 114 cm³/mol. The zero-order chi connectivity index (χ0) is 21.3. The van der Waals surface area contributed by atoms with Crippen molar-refractivity contribution in [2.24, 2.45) is 0 Å². The Morgan fingerprint density at radius 1 is 1.07 bits per heavy atom. The van der Waals surface area contributed by atoms with Crippen molar-refractivity contribution in [1.82, 2.24) is 0 Å². The van der Waals surface area contributed by atoms with Crippen molar-refractivity contribution in [3.05, 3.63) is 77.1 Å². The number of hydrogen-bond donors (Lipinski definition) is 0. The van der Waals surface area contributed by atoms with Gasteiger partial charge in [0.05, 0.1) is 13.0 Å². The van der Waals surface area contributed by atoms with E-state index in [4.69, 9.17) is 4.74 Å². The Morgan fingerprint density at radius 3 is 2.31 bits per heavy atom. The van der Waals surface area contributed by atoms with Gasteiger partial charge in [-0.1, -0.05) is 12.1 Å². The summed E-state index contributed by atoms with van der Waals surface area (Å²) in [5.74, 6) is 1.84. The number of fused-ring (bicyclic) bond motifs is 1. The molecule has 0 heterocycles. The number of benzene rings is 3. The lowest BCUT2D eigenvalue weighted by molar-refractivity contribution is -0.141. The lowest BCUT2D eigenvalue weighted by Crippen LogP contribution is -2.12. The number of hydrogen-bond acceptors (Lipinski definition) is 4. The molecule has 0 aliphatic rings. The molecule has 0 aliphatic carbocycles. The van der Waals surface area contributed by atoms with Gasteiger partial charge in [0.1, 0.15) is 5.82 Å². The quantitative estimate of drug-likeness (QED) is 0.358. The molecule has 6 heteroatoms. The lowest BCUT2D eigenvalue weighted by atomic mass is 9.91. The number of ketones is 1. The maximum Gasteiger partial charge on any atom is 0.312 e. The van der Waals surface area contributed by atoms with Gasteiger partial charge in [0, 0.05) is 22.3 Å². The van der Waals surface area contributed by atoms with E-state index < -0.39 is 27.2 Å². The maximum atomic E-state index is 13.9. The number of esters is 1. The molecular formula is C23H21FO4S. The van der Waals surface area contributed by atoms with E-state index in [1.165, 1.54) is 25.5 Å². The third-order valence-corrected chi connectivity index (χ3v) is 6.12. The highest BCUT2D eigenvalue weighted by molar-refractivity contribution is 7.99. The van der Waals surface area contributed by atoms with Crippen LogP contribution in [0.2, 0.25) is 0 Å². The molecule has 2 unspecified atom stereocenters.